The second-order valence-electron chi connectivity index (χ2n) is 6.98. The maximum Gasteiger partial charge on any atom is 0.511 e. The van der Waals surface area contributed by atoms with Gasteiger partial charge >= 0.3 is 15.5 Å². The number of hydrogen-bond donors (Lipinski definition) is 2. The molecule has 29 heavy (non-hydrogen) atoms. The van der Waals surface area contributed by atoms with Crippen LogP contribution in [-0.4, -0.2) is 75.4 Å². The van der Waals surface area contributed by atoms with Crippen LogP contribution in [0.4, 0.5) is 13.2 Å². The van der Waals surface area contributed by atoms with Crippen LogP contribution in [0.2, 0.25) is 0 Å². The maximum atomic E-state index is 12.7. The summed E-state index contributed by atoms with van der Waals surface area (Å²) >= 11 is 0. The minimum absolute atomic E-state index is 0.0702. The number of guanidine groups is 1. The lowest BCUT2D eigenvalue weighted by Crippen LogP contribution is -2.51. The highest BCUT2D eigenvalue weighted by Gasteiger charge is 2.50. The summed E-state index contributed by atoms with van der Waals surface area (Å²) < 4.78 is 67.1. The predicted octanol–water partition coefficient (Wildman–Crippen LogP) is 1.75. The van der Waals surface area contributed by atoms with Gasteiger partial charge in [-0.15, -0.1) is 0 Å². The highest BCUT2D eigenvalue weighted by Crippen LogP contribution is 2.29. The number of hydrogen-bond acceptors (Lipinski definition) is 5. The van der Waals surface area contributed by atoms with E-state index in [0.29, 0.717) is 23.4 Å². The van der Waals surface area contributed by atoms with E-state index in [0.717, 1.165) is 5.76 Å². The largest absolute Gasteiger partial charge is 0.511 e. The standard InChI is InChI=1S/C17H28F3N5O3S/c1-4-21-16(22-12-14(24(2)3)15-6-5-11-28-15)23-13-7-9-25(10-8-13)29(26,27)17(18,19)20/h5-6,11,13-14H,4,7-10,12H2,1-3H3,(H2,21,22,23). The Bertz CT molecular complexity index is 758. The van der Waals surface area contributed by atoms with E-state index >= 15 is 0 Å². The van der Waals surface area contributed by atoms with E-state index in [-0.39, 0.29) is 38.0 Å². The summed E-state index contributed by atoms with van der Waals surface area (Å²) in [6.07, 6.45) is 2.12. The van der Waals surface area contributed by atoms with Crippen LogP contribution in [0.5, 0.6) is 0 Å². The molecule has 0 aliphatic carbocycles. The molecule has 12 heteroatoms. The molecule has 1 aliphatic rings. The summed E-state index contributed by atoms with van der Waals surface area (Å²) in [5, 5.41) is 6.31. The predicted molar refractivity (Wildman–Crippen MR) is 104 cm³/mol. The zero-order valence-corrected chi connectivity index (χ0v) is 17.6. The maximum absolute atomic E-state index is 12.7. The molecule has 0 aromatic carbocycles. The lowest BCUT2D eigenvalue weighted by molar-refractivity contribution is -0.0494. The fourth-order valence-electron chi connectivity index (χ4n) is 3.07. The molecule has 1 aromatic rings. The summed E-state index contributed by atoms with van der Waals surface area (Å²) in [7, 11) is -1.44. The van der Waals surface area contributed by atoms with Crippen molar-refractivity contribution in [3.63, 3.8) is 0 Å². The Labute approximate surface area is 169 Å². The second-order valence-corrected chi connectivity index (χ2v) is 8.91. The van der Waals surface area contributed by atoms with Gasteiger partial charge in [-0.25, -0.2) is 8.42 Å². The minimum Gasteiger partial charge on any atom is -0.468 e. The molecule has 0 saturated carbocycles. The SMILES string of the molecule is CCNC(=NCC(c1ccco1)N(C)C)NC1CCN(S(=O)(=O)C(F)(F)F)CC1. The first-order valence-corrected chi connectivity index (χ1v) is 10.8. The van der Waals surface area contributed by atoms with Crippen molar-refractivity contribution in [2.75, 3.05) is 40.3 Å². The molecular weight excluding hydrogens is 411 g/mol. The number of nitrogens with zero attached hydrogens (tertiary/aromatic N) is 3. The van der Waals surface area contributed by atoms with Gasteiger partial charge in [0.15, 0.2) is 5.96 Å². The van der Waals surface area contributed by atoms with Crippen LogP contribution in [0.15, 0.2) is 27.8 Å². The van der Waals surface area contributed by atoms with E-state index in [1.165, 1.54) is 0 Å². The number of aliphatic imine (C=N–C) groups is 1. The molecule has 0 spiro atoms. The van der Waals surface area contributed by atoms with Crippen molar-refractivity contribution in [3.05, 3.63) is 24.2 Å². The molecule has 0 amide bonds. The molecule has 2 rings (SSSR count). The summed E-state index contributed by atoms with van der Waals surface area (Å²) in [5.74, 6) is 1.31. The molecule has 1 atom stereocenters. The van der Waals surface area contributed by atoms with E-state index in [1.807, 2.05) is 38.1 Å². The lowest BCUT2D eigenvalue weighted by Gasteiger charge is -2.32. The molecule has 1 aromatic heterocycles. The quantitative estimate of drug-likeness (QED) is 0.497. The van der Waals surface area contributed by atoms with Gasteiger partial charge in [-0.2, -0.15) is 17.5 Å². The molecule has 0 bridgehead atoms. The summed E-state index contributed by atoms with van der Waals surface area (Å²) in [6, 6.07) is 3.44. The highest BCUT2D eigenvalue weighted by atomic mass is 32.2. The summed E-state index contributed by atoms with van der Waals surface area (Å²) in [5.41, 5.74) is -5.27. The molecule has 1 saturated heterocycles. The number of furan rings is 1. The fraction of sp³-hybridized carbons (Fsp3) is 0.706. The Morgan fingerprint density at radius 1 is 1.38 bits per heavy atom. The van der Waals surface area contributed by atoms with Crippen molar-refractivity contribution < 1.29 is 26.0 Å². The first kappa shape index (κ1) is 23.5. The lowest BCUT2D eigenvalue weighted by atomic mass is 10.1. The van der Waals surface area contributed by atoms with Gasteiger partial charge in [0.1, 0.15) is 5.76 Å². The third-order valence-corrected chi connectivity index (χ3v) is 6.32. The molecular formula is C17H28F3N5O3S. The van der Waals surface area contributed by atoms with Crippen LogP contribution in [0.25, 0.3) is 0 Å². The van der Waals surface area contributed by atoms with E-state index < -0.39 is 15.5 Å². The van der Waals surface area contributed by atoms with Crippen molar-refractivity contribution in [1.82, 2.24) is 19.8 Å². The number of sulfonamides is 1. The van der Waals surface area contributed by atoms with Crippen molar-refractivity contribution in [1.29, 1.82) is 0 Å². The van der Waals surface area contributed by atoms with E-state index in [4.69, 9.17) is 4.42 Å². The Balaban J connectivity index is 1.98. The Morgan fingerprint density at radius 2 is 2.03 bits per heavy atom. The number of nitrogens with one attached hydrogen (secondary N) is 2. The average Bonchev–Trinajstić information content (AvgIpc) is 3.15. The monoisotopic (exact) mass is 439 g/mol. The van der Waals surface area contributed by atoms with Gasteiger partial charge < -0.3 is 15.1 Å². The van der Waals surface area contributed by atoms with Crippen LogP contribution >= 0.6 is 0 Å². The van der Waals surface area contributed by atoms with Gasteiger partial charge in [0.25, 0.3) is 0 Å². The van der Waals surface area contributed by atoms with Gasteiger partial charge in [-0.05, 0) is 46.0 Å². The van der Waals surface area contributed by atoms with Crippen LogP contribution < -0.4 is 10.6 Å². The summed E-state index contributed by atoms with van der Waals surface area (Å²) in [6.45, 7) is 2.56. The second kappa shape index (κ2) is 9.81. The van der Waals surface area contributed by atoms with Crippen LogP contribution in [0.1, 0.15) is 31.6 Å². The molecule has 1 fully saturated rings. The summed E-state index contributed by atoms with van der Waals surface area (Å²) in [4.78, 5) is 6.55. The number of likely N-dealkylation sites (N-methyl/N-ethyl adjacent to an activating group) is 1. The van der Waals surface area contributed by atoms with E-state index in [9.17, 15) is 21.6 Å². The van der Waals surface area contributed by atoms with Crippen molar-refractivity contribution in [2.24, 2.45) is 4.99 Å². The number of piperidine rings is 1. The fourth-order valence-corrected chi connectivity index (χ4v) is 4.05. The molecule has 1 aliphatic heterocycles. The zero-order valence-electron chi connectivity index (χ0n) is 16.7. The molecule has 1 unspecified atom stereocenters. The van der Waals surface area contributed by atoms with Crippen molar-refractivity contribution in [3.8, 4) is 0 Å². The first-order valence-electron chi connectivity index (χ1n) is 9.37. The Kier molecular flexibility index (Phi) is 7.94. The first-order chi connectivity index (χ1) is 13.6. The van der Waals surface area contributed by atoms with Crippen molar-refractivity contribution in [2.45, 2.75) is 37.4 Å². The molecule has 2 N–H and O–H groups in total. The van der Waals surface area contributed by atoms with E-state index in [2.05, 4.69) is 15.6 Å². The van der Waals surface area contributed by atoms with Crippen molar-refractivity contribution >= 4 is 16.0 Å². The molecule has 166 valence electrons. The third-order valence-electron chi connectivity index (χ3n) is 4.69. The van der Waals surface area contributed by atoms with Gasteiger partial charge in [-0.3, -0.25) is 9.89 Å². The molecule has 2 heterocycles. The number of rotatable bonds is 7. The Morgan fingerprint density at radius 3 is 2.52 bits per heavy atom. The van der Waals surface area contributed by atoms with Gasteiger partial charge in [-0.1, -0.05) is 0 Å². The van der Waals surface area contributed by atoms with Crippen LogP contribution in [-0.2, 0) is 10.0 Å². The topological polar surface area (TPSA) is 90.2 Å². The molecule has 8 nitrogen and oxygen atoms in total. The zero-order chi connectivity index (χ0) is 21.7. The smallest absolute Gasteiger partial charge is 0.468 e. The average molecular weight is 440 g/mol. The van der Waals surface area contributed by atoms with Gasteiger partial charge in [0, 0.05) is 25.7 Å². The van der Waals surface area contributed by atoms with Gasteiger partial charge in [0.05, 0.1) is 18.8 Å². The Hall–Kier alpha value is -1.79. The third kappa shape index (κ3) is 6.09. The number of halogens is 3. The van der Waals surface area contributed by atoms with Crippen LogP contribution in [0, 0.1) is 0 Å². The van der Waals surface area contributed by atoms with Gasteiger partial charge in [0.2, 0.25) is 0 Å². The highest BCUT2D eigenvalue weighted by molar-refractivity contribution is 7.90. The normalized spacial score (nSPS) is 18.8. The minimum atomic E-state index is -5.27. The number of alkyl halides is 3. The van der Waals surface area contributed by atoms with Crippen LogP contribution in [0.3, 0.4) is 0 Å². The van der Waals surface area contributed by atoms with E-state index in [1.54, 1.807) is 6.26 Å². The molecule has 0 radical (unpaired) electrons.